The van der Waals surface area contributed by atoms with Gasteiger partial charge >= 0.3 is 12.1 Å². The molecule has 0 saturated carbocycles. The zero-order valence-corrected chi connectivity index (χ0v) is 20.4. The van der Waals surface area contributed by atoms with Crippen LogP contribution in [-0.2, 0) is 11.3 Å². The van der Waals surface area contributed by atoms with Gasteiger partial charge in [-0.05, 0) is 62.2 Å². The van der Waals surface area contributed by atoms with E-state index >= 15 is 0 Å². The van der Waals surface area contributed by atoms with Gasteiger partial charge in [-0.1, -0.05) is 23.7 Å². The zero-order valence-electron chi connectivity index (χ0n) is 19.6. The number of nitrogens with two attached hydrogens (primary N) is 1. The third-order valence-electron chi connectivity index (χ3n) is 5.24. The molecule has 1 heterocycles. The Morgan fingerprint density at radius 1 is 1.17 bits per heavy atom. The van der Waals surface area contributed by atoms with Gasteiger partial charge in [-0.3, -0.25) is 9.69 Å². The number of nitrogens with zero attached hydrogens (tertiary/aromatic N) is 4. The Morgan fingerprint density at radius 2 is 1.86 bits per heavy atom. The average molecular weight is 503 g/mol. The quantitative estimate of drug-likeness (QED) is 0.299. The second-order valence-electron chi connectivity index (χ2n) is 8.28. The molecular formula is C23H27ClN6O5. The van der Waals surface area contributed by atoms with Crippen molar-refractivity contribution in [1.29, 1.82) is 0 Å². The Balaban J connectivity index is 1.90. The maximum absolute atomic E-state index is 13.3. The number of urea groups is 2. The van der Waals surface area contributed by atoms with Gasteiger partial charge in [-0.2, -0.15) is 0 Å². The minimum Gasteiger partial charge on any atom is -0.491 e. The summed E-state index contributed by atoms with van der Waals surface area (Å²) in [5.74, 6) is 5.87. The van der Waals surface area contributed by atoms with Gasteiger partial charge in [0.05, 0.1) is 19.1 Å². The first-order valence-corrected chi connectivity index (χ1v) is 11.3. The topological polar surface area (TPSA) is 138 Å². The normalized spacial score (nSPS) is 16.1. The number of carbonyl (C=O) groups excluding carboxylic acids is 3. The van der Waals surface area contributed by atoms with Crippen molar-refractivity contribution >= 4 is 35.3 Å². The molecule has 1 unspecified atom stereocenters. The van der Waals surface area contributed by atoms with Crippen molar-refractivity contribution in [2.75, 3.05) is 11.9 Å². The van der Waals surface area contributed by atoms with Crippen LogP contribution in [0.1, 0.15) is 31.4 Å². The van der Waals surface area contributed by atoms with Crippen LogP contribution >= 0.6 is 11.6 Å². The molecule has 1 aliphatic rings. The van der Waals surface area contributed by atoms with Crippen molar-refractivity contribution in [3.05, 3.63) is 63.5 Å². The number of carbonyl (C=O) groups is 3. The Kier molecular flexibility index (Phi) is 8.26. The molecule has 1 saturated heterocycles. The molecule has 0 bridgehead atoms. The fourth-order valence-corrected chi connectivity index (χ4v) is 3.67. The molecule has 0 radical (unpaired) electrons. The number of ether oxygens (including phenoxy) is 1. The summed E-state index contributed by atoms with van der Waals surface area (Å²) in [6.45, 7) is 5.48. The summed E-state index contributed by atoms with van der Waals surface area (Å²) in [4.78, 5) is 50.2. The number of nitrogens with one attached hydrogen (secondary N) is 1. The highest BCUT2D eigenvalue weighted by Gasteiger charge is 2.43. The number of hydrogen-bond donors (Lipinski definition) is 2. The predicted octanol–water partition coefficient (Wildman–Crippen LogP) is 4.05. The van der Waals surface area contributed by atoms with Crippen LogP contribution in [0.5, 0.6) is 5.75 Å². The molecular weight excluding hydrogens is 476 g/mol. The molecule has 3 N–H and O–H groups in total. The van der Waals surface area contributed by atoms with Gasteiger partial charge < -0.3 is 10.1 Å². The summed E-state index contributed by atoms with van der Waals surface area (Å²) in [5, 5.41) is 6.84. The molecule has 1 atom stereocenters. The summed E-state index contributed by atoms with van der Waals surface area (Å²) in [6, 6.07) is 10.7. The first kappa shape index (κ1) is 25.9. The highest BCUT2D eigenvalue weighted by Crippen LogP contribution is 2.27. The molecule has 11 nitrogen and oxygen atoms in total. The third kappa shape index (κ3) is 6.25. The summed E-state index contributed by atoms with van der Waals surface area (Å²) in [5.41, 5.74) is 2.20. The Bertz CT molecular complexity index is 1110. The van der Waals surface area contributed by atoms with E-state index in [0.29, 0.717) is 16.5 Å². The van der Waals surface area contributed by atoms with E-state index in [1.807, 2.05) is 26.8 Å². The predicted molar refractivity (Wildman–Crippen MR) is 130 cm³/mol. The van der Waals surface area contributed by atoms with E-state index in [1.165, 1.54) is 4.90 Å². The number of hydrazine groups is 1. The lowest BCUT2D eigenvalue weighted by Gasteiger charge is -2.45. The molecule has 0 aromatic heterocycles. The lowest BCUT2D eigenvalue weighted by molar-refractivity contribution is -0.118. The molecule has 1 aliphatic heterocycles. The van der Waals surface area contributed by atoms with E-state index in [2.05, 4.69) is 10.5 Å². The van der Waals surface area contributed by atoms with E-state index in [-0.39, 0.29) is 19.2 Å². The molecule has 2 aromatic rings. The number of aryl methyl sites for hydroxylation is 1. The second kappa shape index (κ2) is 11.2. The van der Waals surface area contributed by atoms with E-state index in [0.717, 1.165) is 21.0 Å². The molecule has 35 heavy (non-hydrogen) atoms. The summed E-state index contributed by atoms with van der Waals surface area (Å²) >= 11 is 5.98. The van der Waals surface area contributed by atoms with Gasteiger partial charge in [-0.15, -0.1) is 4.91 Å². The highest BCUT2D eigenvalue weighted by atomic mass is 35.5. The largest absolute Gasteiger partial charge is 0.491 e. The van der Waals surface area contributed by atoms with E-state index in [9.17, 15) is 19.3 Å². The molecule has 3 rings (SSSR count). The Labute approximate surface area is 207 Å². The van der Waals surface area contributed by atoms with Crippen LogP contribution in [0.2, 0.25) is 5.02 Å². The van der Waals surface area contributed by atoms with Gasteiger partial charge in [0.2, 0.25) is 6.29 Å². The minimum atomic E-state index is -1.04. The number of anilines is 1. The summed E-state index contributed by atoms with van der Waals surface area (Å²) < 4.78 is 5.77. The van der Waals surface area contributed by atoms with E-state index in [1.54, 1.807) is 36.4 Å². The Morgan fingerprint density at radius 3 is 2.46 bits per heavy atom. The Hall–Kier alpha value is -3.70. The third-order valence-corrected chi connectivity index (χ3v) is 5.49. The monoisotopic (exact) mass is 502 g/mol. The smallest absolute Gasteiger partial charge is 0.345 e. The number of rotatable bonds is 9. The van der Waals surface area contributed by atoms with Crippen molar-refractivity contribution in [3.8, 4) is 5.75 Å². The van der Waals surface area contributed by atoms with Crippen LogP contribution in [0.3, 0.4) is 0 Å². The molecule has 186 valence electrons. The number of benzene rings is 2. The molecule has 12 heteroatoms. The standard InChI is InChI=1S/C23H27ClN6O5/c1-14(2)35-19-9-8-18(12-15(19)3)26-21-29(13-16-4-6-17(24)7-5-16)22(32)28(23(33)30(21)25)11-10-20(31)27-34/h4-9,12,14,21,26H,10-11,13,25H2,1-3H3. The number of nitroso groups, excluding NO2 is 1. The van der Waals surface area contributed by atoms with Crippen LogP contribution < -0.4 is 15.9 Å². The van der Waals surface area contributed by atoms with Gasteiger partial charge in [0.15, 0.2) is 0 Å². The van der Waals surface area contributed by atoms with Crippen molar-refractivity contribution in [3.63, 3.8) is 0 Å². The average Bonchev–Trinajstić information content (AvgIpc) is 2.82. The van der Waals surface area contributed by atoms with Crippen LogP contribution in [-0.4, -0.2) is 51.7 Å². The van der Waals surface area contributed by atoms with E-state index < -0.39 is 30.7 Å². The van der Waals surface area contributed by atoms with Gasteiger partial charge in [0, 0.05) is 22.4 Å². The summed E-state index contributed by atoms with van der Waals surface area (Å²) in [7, 11) is 0. The maximum atomic E-state index is 13.3. The van der Waals surface area contributed by atoms with Crippen molar-refractivity contribution < 1.29 is 19.1 Å². The molecule has 1 fully saturated rings. The van der Waals surface area contributed by atoms with Crippen LogP contribution in [0.25, 0.3) is 0 Å². The van der Waals surface area contributed by atoms with Crippen molar-refractivity contribution in [2.45, 2.75) is 46.1 Å². The lowest BCUT2D eigenvalue weighted by atomic mass is 10.2. The van der Waals surface area contributed by atoms with Gasteiger partial charge in [0.1, 0.15) is 5.75 Å². The fourth-order valence-electron chi connectivity index (χ4n) is 3.54. The van der Waals surface area contributed by atoms with Gasteiger partial charge in [0.25, 0.3) is 5.91 Å². The highest BCUT2D eigenvalue weighted by molar-refractivity contribution is 6.30. The summed E-state index contributed by atoms with van der Waals surface area (Å²) in [6.07, 6.45) is -1.45. The zero-order chi connectivity index (χ0) is 25.7. The number of halogens is 1. The van der Waals surface area contributed by atoms with Crippen LogP contribution in [0, 0.1) is 11.8 Å². The first-order chi connectivity index (χ1) is 16.6. The van der Waals surface area contributed by atoms with E-state index in [4.69, 9.17) is 22.2 Å². The van der Waals surface area contributed by atoms with Crippen molar-refractivity contribution in [1.82, 2.24) is 14.8 Å². The minimum absolute atomic E-state index is 0.00257. The molecule has 5 amide bonds. The van der Waals surface area contributed by atoms with Crippen LogP contribution in [0.4, 0.5) is 15.3 Å². The lowest BCUT2D eigenvalue weighted by Crippen LogP contribution is -2.70. The number of imide groups is 1. The van der Waals surface area contributed by atoms with Crippen LogP contribution in [0.15, 0.2) is 47.6 Å². The number of hydrogen-bond acceptors (Lipinski definition) is 7. The van der Waals surface area contributed by atoms with Crippen molar-refractivity contribution in [2.24, 2.45) is 11.0 Å². The fraction of sp³-hybridized carbons (Fsp3) is 0.348. The maximum Gasteiger partial charge on any atom is 0.345 e. The molecule has 0 spiro atoms. The number of amides is 5. The molecule has 2 aromatic carbocycles. The SMILES string of the molecule is Cc1cc(NC2N(N)C(=O)N(CCC(=O)N=O)C(=O)N2Cc2ccc(Cl)cc2)ccc1OC(C)C. The van der Waals surface area contributed by atoms with Gasteiger partial charge in [-0.25, -0.2) is 25.3 Å². The first-order valence-electron chi connectivity index (χ1n) is 10.9. The molecule has 0 aliphatic carbocycles. The second-order valence-corrected chi connectivity index (χ2v) is 8.71.